The molecule has 29 heavy (non-hydrogen) atoms. The van der Waals surface area contributed by atoms with Crippen LogP contribution < -0.4 is 10.3 Å². The van der Waals surface area contributed by atoms with Gasteiger partial charge in [-0.25, -0.2) is 4.39 Å². The number of carbonyl (C=O) groups is 1. The monoisotopic (exact) mass is 411 g/mol. The molecule has 0 bridgehead atoms. The van der Waals surface area contributed by atoms with Gasteiger partial charge in [0.2, 0.25) is 0 Å². The maximum atomic E-state index is 13.4. The van der Waals surface area contributed by atoms with Crippen LogP contribution in [0.25, 0.3) is 11.0 Å². The number of nitriles is 1. The number of hydrogen-bond acceptors (Lipinski definition) is 5. The van der Waals surface area contributed by atoms with Gasteiger partial charge in [0.25, 0.3) is 5.91 Å². The zero-order chi connectivity index (χ0) is 20.5. The summed E-state index contributed by atoms with van der Waals surface area (Å²) in [4.78, 5) is 28.6. The molecule has 1 amide bonds. The Morgan fingerprint density at radius 2 is 1.86 bits per heavy atom. The summed E-state index contributed by atoms with van der Waals surface area (Å²) >= 11 is 6.27. The van der Waals surface area contributed by atoms with Crippen LogP contribution in [0.1, 0.15) is 16.1 Å². The summed E-state index contributed by atoms with van der Waals surface area (Å²) in [5.74, 6) is -1.07. The van der Waals surface area contributed by atoms with E-state index in [1.54, 1.807) is 23.1 Å². The average Bonchev–Trinajstić information content (AvgIpc) is 2.73. The lowest BCUT2D eigenvalue weighted by atomic mass is 10.2. The number of halogens is 2. The van der Waals surface area contributed by atoms with Gasteiger partial charge in [0.1, 0.15) is 11.4 Å². The minimum absolute atomic E-state index is 0.0452. The molecule has 1 fully saturated rings. The molecule has 6 nitrogen and oxygen atoms in total. The van der Waals surface area contributed by atoms with Crippen molar-refractivity contribution in [2.75, 3.05) is 31.1 Å². The normalized spacial score (nSPS) is 14.1. The third kappa shape index (κ3) is 3.67. The first-order valence-corrected chi connectivity index (χ1v) is 9.31. The number of carbonyl (C=O) groups excluding carboxylic acids is 1. The van der Waals surface area contributed by atoms with Crippen LogP contribution in [0.5, 0.6) is 0 Å². The number of nitrogens with zero attached hydrogens (tertiary/aromatic N) is 3. The van der Waals surface area contributed by atoms with Crippen molar-refractivity contribution in [1.82, 2.24) is 4.90 Å². The first kappa shape index (κ1) is 19.0. The highest BCUT2D eigenvalue weighted by molar-refractivity contribution is 6.33. The summed E-state index contributed by atoms with van der Waals surface area (Å²) in [6.07, 6.45) is 0. The van der Waals surface area contributed by atoms with E-state index in [9.17, 15) is 14.0 Å². The van der Waals surface area contributed by atoms with E-state index in [1.165, 1.54) is 12.1 Å². The molecule has 2 aromatic carbocycles. The molecule has 0 spiro atoms. The van der Waals surface area contributed by atoms with Crippen LogP contribution >= 0.6 is 11.6 Å². The molecule has 0 aliphatic carbocycles. The van der Waals surface area contributed by atoms with Gasteiger partial charge < -0.3 is 14.2 Å². The maximum absolute atomic E-state index is 13.4. The van der Waals surface area contributed by atoms with E-state index in [4.69, 9.17) is 21.3 Å². The topological polar surface area (TPSA) is 77.5 Å². The van der Waals surface area contributed by atoms with Gasteiger partial charge in [0, 0.05) is 38.3 Å². The molecule has 0 N–H and O–H groups in total. The van der Waals surface area contributed by atoms with Gasteiger partial charge in [0.05, 0.1) is 27.7 Å². The Morgan fingerprint density at radius 1 is 1.10 bits per heavy atom. The quantitative estimate of drug-likeness (QED) is 0.645. The Morgan fingerprint density at radius 3 is 2.55 bits per heavy atom. The van der Waals surface area contributed by atoms with Crippen LogP contribution in [0.2, 0.25) is 5.02 Å². The molecule has 2 heterocycles. The Hall–Kier alpha value is -3.37. The average molecular weight is 412 g/mol. The van der Waals surface area contributed by atoms with Gasteiger partial charge in [-0.3, -0.25) is 9.59 Å². The van der Waals surface area contributed by atoms with E-state index >= 15 is 0 Å². The number of rotatable bonds is 2. The lowest BCUT2D eigenvalue weighted by Crippen LogP contribution is -2.49. The molecule has 3 aromatic rings. The highest BCUT2D eigenvalue weighted by Gasteiger charge is 2.25. The van der Waals surface area contributed by atoms with Gasteiger partial charge in [-0.1, -0.05) is 11.6 Å². The second kappa shape index (κ2) is 7.57. The lowest BCUT2D eigenvalue weighted by Gasteiger charge is -2.36. The molecule has 146 valence electrons. The van der Waals surface area contributed by atoms with Crippen LogP contribution in [-0.4, -0.2) is 37.0 Å². The first-order valence-electron chi connectivity index (χ1n) is 8.93. The van der Waals surface area contributed by atoms with Crippen LogP contribution in [0.15, 0.2) is 51.7 Å². The van der Waals surface area contributed by atoms with Crippen molar-refractivity contribution >= 4 is 34.2 Å². The number of hydrogen-bond donors (Lipinski definition) is 0. The van der Waals surface area contributed by atoms with Gasteiger partial charge in [0.15, 0.2) is 11.2 Å². The van der Waals surface area contributed by atoms with Gasteiger partial charge in [-0.05, 0) is 30.3 Å². The fourth-order valence-electron chi connectivity index (χ4n) is 3.37. The fraction of sp³-hybridized carbons (Fsp3) is 0.190. The van der Waals surface area contributed by atoms with Crippen molar-refractivity contribution in [3.05, 3.63) is 74.9 Å². The van der Waals surface area contributed by atoms with Crippen LogP contribution in [0.4, 0.5) is 10.1 Å². The second-order valence-corrected chi connectivity index (χ2v) is 7.08. The Balaban J connectivity index is 1.52. The maximum Gasteiger partial charge on any atom is 0.289 e. The molecule has 1 aliphatic rings. The molecule has 0 saturated carbocycles. The van der Waals surface area contributed by atoms with E-state index in [1.807, 2.05) is 11.0 Å². The Labute approximate surface area is 170 Å². The number of amides is 1. The number of piperazine rings is 1. The predicted octanol–water partition coefficient (Wildman–Crippen LogP) is 3.42. The smallest absolute Gasteiger partial charge is 0.289 e. The third-order valence-electron chi connectivity index (χ3n) is 4.89. The summed E-state index contributed by atoms with van der Waals surface area (Å²) in [6, 6.07) is 11.9. The van der Waals surface area contributed by atoms with E-state index < -0.39 is 17.2 Å². The van der Waals surface area contributed by atoms with E-state index in [2.05, 4.69) is 0 Å². The first-order chi connectivity index (χ1) is 14.0. The van der Waals surface area contributed by atoms with Crippen LogP contribution in [0, 0.1) is 17.1 Å². The third-order valence-corrected chi connectivity index (χ3v) is 5.19. The number of benzene rings is 2. The van der Waals surface area contributed by atoms with Crippen molar-refractivity contribution in [3.63, 3.8) is 0 Å². The van der Waals surface area contributed by atoms with Crippen molar-refractivity contribution < 1.29 is 13.6 Å². The predicted molar refractivity (Wildman–Crippen MR) is 107 cm³/mol. The Kier molecular flexibility index (Phi) is 4.95. The molecule has 4 rings (SSSR count). The summed E-state index contributed by atoms with van der Waals surface area (Å²) in [6.45, 7) is 1.87. The molecule has 1 saturated heterocycles. The van der Waals surface area contributed by atoms with E-state index in [0.29, 0.717) is 36.8 Å². The number of fused-ring (bicyclic) bond motifs is 1. The minimum Gasteiger partial charge on any atom is -0.451 e. The van der Waals surface area contributed by atoms with Crippen molar-refractivity contribution in [2.24, 2.45) is 0 Å². The zero-order valence-electron chi connectivity index (χ0n) is 15.2. The standard InChI is InChI=1S/C21H15ClFN3O3/c22-16-9-13(12-24)1-4-17(16)25-5-7-26(8-6-25)21(28)20-11-18(27)15-3-2-14(23)10-19(15)29-20/h1-4,9-11H,5-8H2. The summed E-state index contributed by atoms with van der Waals surface area (Å²) in [5.41, 5.74) is 0.933. The molecule has 0 atom stereocenters. The molecule has 1 aromatic heterocycles. The lowest BCUT2D eigenvalue weighted by molar-refractivity contribution is 0.0715. The second-order valence-electron chi connectivity index (χ2n) is 6.67. The highest BCUT2D eigenvalue weighted by atomic mass is 35.5. The zero-order valence-corrected chi connectivity index (χ0v) is 15.9. The van der Waals surface area contributed by atoms with E-state index in [-0.39, 0.29) is 16.7 Å². The molecule has 8 heteroatoms. The molecular weight excluding hydrogens is 397 g/mol. The minimum atomic E-state index is -0.543. The summed E-state index contributed by atoms with van der Waals surface area (Å²) in [7, 11) is 0. The van der Waals surface area contributed by atoms with Crippen LogP contribution in [0.3, 0.4) is 0 Å². The summed E-state index contributed by atoms with van der Waals surface area (Å²) < 4.78 is 18.9. The fourth-order valence-corrected chi connectivity index (χ4v) is 3.67. The number of anilines is 1. The molecule has 0 radical (unpaired) electrons. The van der Waals surface area contributed by atoms with E-state index in [0.717, 1.165) is 17.8 Å². The van der Waals surface area contributed by atoms with Crippen molar-refractivity contribution in [1.29, 1.82) is 5.26 Å². The van der Waals surface area contributed by atoms with Crippen molar-refractivity contribution in [2.45, 2.75) is 0 Å². The van der Waals surface area contributed by atoms with Crippen LogP contribution in [-0.2, 0) is 0 Å². The van der Waals surface area contributed by atoms with Gasteiger partial charge in [-0.15, -0.1) is 0 Å². The van der Waals surface area contributed by atoms with Gasteiger partial charge in [-0.2, -0.15) is 5.26 Å². The molecule has 0 unspecified atom stereocenters. The molecular formula is C21H15ClFN3O3. The van der Waals surface area contributed by atoms with Crippen molar-refractivity contribution in [3.8, 4) is 6.07 Å². The molecule has 1 aliphatic heterocycles. The SMILES string of the molecule is N#Cc1ccc(N2CCN(C(=O)c3cc(=O)c4ccc(F)cc4o3)CC2)c(Cl)c1. The highest BCUT2D eigenvalue weighted by Crippen LogP contribution is 2.28. The summed E-state index contributed by atoms with van der Waals surface area (Å²) in [5, 5.41) is 9.65. The Bertz CT molecular complexity index is 1210. The largest absolute Gasteiger partial charge is 0.451 e. The van der Waals surface area contributed by atoms with Gasteiger partial charge >= 0.3 is 0 Å².